The van der Waals surface area contributed by atoms with Crippen molar-refractivity contribution in [1.29, 1.82) is 0 Å². The number of benzene rings is 2. The van der Waals surface area contributed by atoms with Crippen molar-refractivity contribution in [3.8, 4) is 11.5 Å². The fourth-order valence-electron chi connectivity index (χ4n) is 2.68. The molecule has 1 aromatic heterocycles. The highest BCUT2D eigenvalue weighted by atomic mass is 79.9. The highest BCUT2D eigenvalue weighted by Crippen LogP contribution is 2.36. The summed E-state index contributed by atoms with van der Waals surface area (Å²) in [4.78, 5) is 12.8. The lowest BCUT2D eigenvalue weighted by atomic mass is 10.1. The summed E-state index contributed by atoms with van der Waals surface area (Å²) in [6.45, 7) is 2.96. The van der Waals surface area contributed by atoms with Gasteiger partial charge in [0.25, 0.3) is 5.91 Å². The number of carbonyl (C=O) groups is 1. The summed E-state index contributed by atoms with van der Waals surface area (Å²) in [5.41, 5.74) is 2.17. The highest BCUT2D eigenvalue weighted by Gasteiger charge is 2.16. The van der Waals surface area contributed by atoms with Crippen LogP contribution in [0.15, 0.2) is 59.3 Å². The van der Waals surface area contributed by atoms with E-state index in [9.17, 15) is 4.79 Å². The largest absolute Gasteiger partial charge is 0.493 e. The van der Waals surface area contributed by atoms with Crippen LogP contribution in [-0.2, 0) is 6.54 Å². The number of para-hydroxylation sites is 1. The smallest absolute Gasteiger partial charge is 0.255 e. The van der Waals surface area contributed by atoms with Crippen LogP contribution >= 0.6 is 15.9 Å². The summed E-state index contributed by atoms with van der Waals surface area (Å²) >= 11 is 3.45. The van der Waals surface area contributed by atoms with Crippen molar-refractivity contribution in [3.05, 3.63) is 70.5 Å². The Morgan fingerprint density at radius 2 is 2.07 bits per heavy atom. The van der Waals surface area contributed by atoms with E-state index in [-0.39, 0.29) is 5.91 Å². The number of amides is 1. The summed E-state index contributed by atoms with van der Waals surface area (Å²) in [5, 5.41) is 7.19. The maximum absolute atomic E-state index is 12.8. The Balaban J connectivity index is 1.85. The Morgan fingerprint density at radius 1 is 1.26 bits per heavy atom. The van der Waals surface area contributed by atoms with E-state index < -0.39 is 0 Å². The normalized spacial score (nSPS) is 10.5. The third-order valence-electron chi connectivity index (χ3n) is 3.94. The summed E-state index contributed by atoms with van der Waals surface area (Å²) < 4.78 is 13.4. The number of hydrogen-bond acceptors (Lipinski definition) is 4. The zero-order valence-corrected chi connectivity index (χ0v) is 16.7. The third kappa shape index (κ3) is 4.49. The van der Waals surface area contributed by atoms with Gasteiger partial charge in [0.15, 0.2) is 11.5 Å². The van der Waals surface area contributed by atoms with Crippen LogP contribution in [-0.4, -0.2) is 29.4 Å². The minimum absolute atomic E-state index is 0.232. The summed E-state index contributed by atoms with van der Waals surface area (Å²) in [5.74, 6) is 0.849. The van der Waals surface area contributed by atoms with Crippen LogP contribution < -0.4 is 14.8 Å². The van der Waals surface area contributed by atoms with Gasteiger partial charge in [0, 0.05) is 23.6 Å². The summed E-state index contributed by atoms with van der Waals surface area (Å²) in [6, 6.07) is 12.9. The van der Waals surface area contributed by atoms with Crippen LogP contribution in [0.25, 0.3) is 0 Å². The van der Waals surface area contributed by atoms with Crippen molar-refractivity contribution in [2.24, 2.45) is 0 Å². The van der Waals surface area contributed by atoms with Crippen LogP contribution in [0.4, 0.5) is 5.69 Å². The van der Waals surface area contributed by atoms with Gasteiger partial charge in [-0.1, -0.05) is 18.2 Å². The molecule has 0 aliphatic carbocycles. The number of rotatable bonds is 7. The van der Waals surface area contributed by atoms with Crippen molar-refractivity contribution in [1.82, 2.24) is 9.78 Å². The van der Waals surface area contributed by atoms with Gasteiger partial charge in [0.2, 0.25) is 0 Å². The molecule has 1 amide bonds. The predicted molar refractivity (Wildman–Crippen MR) is 108 cm³/mol. The van der Waals surface area contributed by atoms with Gasteiger partial charge < -0.3 is 14.8 Å². The van der Waals surface area contributed by atoms with Crippen LogP contribution in [0, 0.1) is 0 Å². The standard InChI is InChI=1S/C20H20BrN3O3/c1-3-27-19-16(21)11-15(12-18(19)26-2)20(25)23-17-8-5-4-7-14(17)13-24-10-6-9-22-24/h4-12H,3,13H2,1-2H3,(H,23,25). The number of carbonyl (C=O) groups excluding carboxylic acids is 1. The highest BCUT2D eigenvalue weighted by molar-refractivity contribution is 9.10. The van der Waals surface area contributed by atoms with Crippen molar-refractivity contribution < 1.29 is 14.3 Å². The molecule has 3 rings (SSSR count). The number of aromatic nitrogens is 2. The molecule has 0 atom stereocenters. The first-order valence-corrected chi connectivity index (χ1v) is 9.28. The Bertz CT molecular complexity index is 926. The van der Waals surface area contributed by atoms with Crippen molar-refractivity contribution in [2.75, 3.05) is 19.0 Å². The SMILES string of the molecule is CCOc1c(Br)cc(C(=O)Nc2ccccc2Cn2cccn2)cc1OC. The van der Waals surface area contributed by atoms with Gasteiger partial charge in [-0.15, -0.1) is 0 Å². The Morgan fingerprint density at radius 3 is 2.78 bits per heavy atom. The molecule has 0 fully saturated rings. The number of nitrogens with zero attached hydrogens (tertiary/aromatic N) is 2. The molecule has 0 aliphatic rings. The zero-order valence-electron chi connectivity index (χ0n) is 15.1. The minimum atomic E-state index is -0.232. The van der Waals surface area contributed by atoms with Crippen LogP contribution in [0.1, 0.15) is 22.8 Å². The van der Waals surface area contributed by atoms with E-state index >= 15 is 0 Å². The second-order valence-corrected chi connectivity index (χ2v) is 6.59. The number of anilines is 1. The van der Waals surface area contributed by atoms with Crippen LogP contribution in [0.5, 0.6) is 11.5 Å². The van der Waals surface area contributed by atoms with Gasteiger partial charge in [0.1, 0.15) is 0 Å². The molecule has 0 aliphatic heterocycles. The van der Waals surface area contributed by atoms with Gasteiger partial charge in [-0.2, -0.15) is 5.10 Å². The summed E-state index contributed by atoms with van der Waals surface area (Å²) in [7, 11) is 1.55. The molecule has 3 aromatic rings. The van der Waals surface area contributed by atoms with Gasteiger partial charge in [0.05, 0.1) is 24.7 Å². The number of ether oxygens (including phenoxy) is 2. The van der Waals surface area contributed by atoms with Crippen molar-refractivity contribution >= 4 is 27.5 Å². The van der Waals surface area contributed by atoms with Gasteiger partial charge >= 0.3 is 0 Å². The maximum Gasteiger partial charge on any atom is 0.255 e. The zero-order chi connectivity index (χ0) is 19.2. The lowest BCUT2D eigenvalue weighted by Gasteiger charge is -2.14. The first-order chi connectivity index (χ1) is 13.1. The monoisotopic (exact) mass is 429 g/mol. The average molecular weight is 430 g/mol. The van der Waals surface area contributed by atoms with E-state index in [2.05, 4.69) is 26.3 Å². The Kier molecular flexibility index (Phi) is 6.13. The number of nitrogens with one attached hydrogen (secondary N) is 1. The number of methoxy groups -OCH3 is 1. The number of halogens is 1. The molecule has 0 saturated carbocycles. The topological polar surface area (TPSA) is 65.4 Å². The van der Waals surface area contributed by atoms with Gasteiger partial charge in [-0.25, -0.2) is 0 Å². The van der Waals surface area contributed by atoms with Crippen LogP contribution in [0.2, 0.25) is 0 Å². The van der Waals surface area contributed by atoms with E-state index in [1.165, 1.54) is 0 Å². The first-order valence-electron chi connectivity index (χ1n) is 8.49. The van der Waals surface area contributed by atoms with E-state index in [4.69, 9.17) is 9.47 Å². The lowest BCUT2D eigenvalue weighted by molar-refractivity contribution is 0.102. The fraction of sp³-hybridized carbons (Fsp3) is 0.200. The predicted octanol–water partition coefficient (Wildman–Crippen LogP) is 4.35. The molecule has 0 saturated heterocycles. The quantitative estimate of drug-likeness (QED) is 0.605. The summed E-state index contributed by atoms with van der Waals surface area (Å²) in [6.07, 6.45) is 3.61. The number of hydrogen-bond donors (Lipinski definition) is 1. The maximum atomic E-state index is 12.8. The Hall–Kier alpha value is -2.80. The molecular formula is C20H20BrN3O3. The molecule has 2 aromatic carbocycles. The molecule has 6 nitrogen and oxygen atoms in total. The van der Waals surface area contributed by atoms with Crippen LogP contribution in [0.3, 0.4) is 0 Å². The van der Waals surface area contributed by atoms with Gasteiger partial charge in [-0.3, -0.25) is 9.48 Å². The van der Waals surface area contributed by atoms with E-state index in [0.29, 0.717) is 34.7 Å². The van der Waals surface area contributed by atoms with Gasteiger partial charge in [-0.05, 0) is 52.7 Å². The lowest BCUT2D eigenvalue weighted by Crippen LogP contribution is -2.15. The fourth-order valence-corrected chi connectivity index (χ4v) is 3.23. The molecule has 1 N–H and O–H groups in total. The van der Waals surface area contributed by atoms with E-state index in [1.54, 1.807) is 25.4 Å². The van der Waals surface area contributed by atoms with E-state index in [1.807, 2.05) is 48.1 Å². The molecule has 140 valence electrons. The van der Waals surface area contributed by atoms with E-state index in [0.717, 1.165) is 11.3 Å². The second-order valence-electron chi connectivity index (χ2n) is 5.74. The molecule has 0 spiro atoms. The first kappa shape index (κ1) is 19.0. The Labute approximate surface area is 166 Å². The third-order valence-corrected chi connectivity index (χ3v) is 4.53. The molecule has 0 radical (unpaired) electrons. The molecule has 27 heavy (non-hydrogen) atoms. The second kappa shape index (κ2) is 8.73. The van der Waals surface area contributed by atoms with Crippen molar-refractivity contribution in [2.45, 2.75) is 13.5 Å². The molecule has 7 heteroatoms. The molecule has 0 bridgehead atoms. The molecule has 0 unspecified atom stereocenters. The van der Waals surface area contributed by atoms with Crippen molar-refractivity contribution in [3.63, 3.8) is 0 Å². The average Bonchev–Trinajstić information content (AvgIpc) is 3.18. The molecule has 1 heterocycles. The minimum Gasteiger partial charge on any atom is -0.493 e. The molecular weight excluding hydrogens is 410 g/mol.